The lowest BCUT2D eigenvalue weighted by Crippen LogP contribution is -2.46. The van der Waals surface area contributed by atoms with E-state index in [1.165, 1.54) is 17.3 Å². The van der Waals surface area contributed by atoms with Crippen LogP contribution in [0, 0.1) is 10.1 Å². The standard InChI is InChI=1S/C44H44ClF3N8O4S2/c1-53(2)19-18-33(28-61-35-9-4-3-5-10-35)51-42-39(44(46,47)48)25-36(26-41(42)56(57)58)62(59,60)52-43-38-17-16-34(24-40(38)49-29-50-43)55-22-20-54(21-23-55)27-31-8-6-7-11-37(31)30-12-14-32(45)15-13-30/h3-17,24-26,29,33,51H,18-23,27-28H2,1-2H3,(H,49,50,52)/t33-/m1/s1. The number of benzene rings is 5. The summed E-state index contributed by atoms with van der Waals surface area (Å²) in [6, 6.07) is 31.0. The van der Waals surface area contributed by atoms with Gasteiger partial charge in [0.2, 0.25) is 0 Å². The number of anilines is 3. The molecule has 7 rings (SSSR count). The Morgan fingerprint density at radius 1 is 0.919 bits per heavy atom. The first-order valence-corrected chi connectivity index (χ1v) is 22.6. The molecule has 0 amide bonds. The lowest BCUT2D eigenvalue weighted by Gasteiger charge is -2.36. The molecule has 0 unspecified atom stereocenters. The second-order valence-electron chi connectivity index (χ2n) is 15.1. The highest BCUT2D eigenvalue weighted by atomic mass is 35.5. The first-order valence-electron chi connectivity index (χ1n) is 19.7. The molecule has 2 heterocycles. The minimum atomic E-state index is -5.15. The van der Waals surface area contributed by atoms with Crippen LogP contribution in [0.15, 0.2) is 125 Å². The smallest absolute Gasteiger partial charge is 0.375 e. The average molecular weight is 905 g/mol. The summed E-state index contributed by atoms with van der Waals surface area (Å²) in [4.78, 5) is 26.2. The van der Waals surface area contributed by atoms with Crippen LogP contribution in [0.3, 0.4) is 0 Å². The summed E-state index contributed by atoms with van der Waals surface area (Å²) in [5, 5.41) is 16.2. The molecule has 2 N–H and O–H groups in total. The third-order valence-corrected chi connectivity index (χ3v) is 13.3. The van der Waals surface area contributed by atoms with E-state index in [0.717, 1.165) is 47.7 Å². The topological polar surface area (TPSA) is 137 Å². The monoisotopic (exact) mass is 904 g/mol. The number of thioether (sulfide) groups is 1. The Morgan fingerprint density at radius 3 is 2.32 bits per heavy atom. The van der Waals surface area contributed by atoms with Gasteiger partial charge in [-0.25, -0.2) is 18.4 Å². The van der Waals surface area contributed by atoms with Crippen LogP contribution in [0.2, 0.25) is 5.02 Å². The molecule has 62 heavy (non-hydrogen) atoms. The summed E-state index contributed by atoms with van der Waals surface area (Å²) in [6.07, 6.45) is -3.65. The van der Waals surface area contributed by atoms with Gasteiger partial charge in [0, 0.05) is 71.6 Å². The molecule has 1 atom stereocenters. The van der Waals surface area contributed by atoms with E-state index in [1.807, 2.05) is 91.8 Å². The van der Waals surface area contributed by atoms with Crippen molar-refractivity contribution < 1.29 is 26.5 Å². The van der Waals surface area contributed by atoms with Crippen molar-refractivity contribution in [2.45, 2.75) is 35.0 Å². The number of aromatic nitrogens is 2. The second-order valence-corrected chi connectivity index (χ2v) is 18.3. The lowest BCUT2D eigenvalue weighted by molar-refractivity contribution is -0.384. The predicted octanol–water partition coefficient (Wildman–Crippen LogP) is 9.52. The maximum Gasteiger partial charge on any atom is 0.418 e. The molecule has 1 fully saturated rings. The molecule has 0 spiro atoms. The molecule has 12 nitrogen and oxygen atoms in total. The molecule has 1 aromatic heterocycles. The summed E-state index contributed by atoms with van der Waals surface area (Å²) in [5.41, 5.74) is 1.39. The quantitative estimate of drug-likeness (QED) is 0.0546. The highest BCUT2D eigenvalue weighted by molar-refractivity contribution is 7.99. The number of nitrogens with one attached hydrogen (secondary N) is 2. The Kier molecular flexibility index (Phi) is 13.9. The molecule has 324 valence electrons. The van der Waals surface area contributed by atoms with Gasteiger partial charge in [-0.2, -0.15) is 13.2 Å². The number of hydrogen-bond acceptors (Lipinski definition) is 11. The van der Waals surface area contributed by atoms with Crippen LogP contribution in [-0.4, -0.2) is 91.7 Å². The molecule has 1 saturated heterocycles. The van der Waals surface area contributed by atoms with Crippen molar-refractivity contribution in [2.24, 2.45) is 0 Å². The normalized spacial score (nSPS) is 14.3. The second kappa shape index (κ2) is 19.3. The summed E-state index contributed by atoms with van der Waals surface area (Å²) in [5.74, 6) is 0.0961. The number of sulfonamides is 1. The van der Waals surface area contributed by atoms with Crippen LogP contribution < -0.4 is 14.9 Å². The molecule has 18 heteroatoms. The van der Waals surface area contributed by atoms with Gasteiger partial charge < -0.3 is 15.1 Å². The van der Waals surface area contributed by atoms with Gasteiger partial charge in [-0.3, -0.25) is 19.7 Å². The van der Waals surface area contributed by atoms with Crippen molar-refractivity contribution in [3.63, 3.8) is 0 Å². The molecular formula is C44H44ClF3N8O4S2. The third-order valence-electron chi connectivity index (χ3n) is 10.5. The van der Waals surface area contributed by atoms with Gasteiger partial charge in [0.25, 0.3) is 15.7 Å². The zero-order chi connectivity index (χ0) is 44.0. The number of nitro benzene ring substituents is 1. The fourth-order valence-corrected chi connectivity index (χ4v) is 9.48. The van der Waals surface area contributed by atoms with Crippen LogP contribution in [-0.2, 0) is 22.7 Å². The summed E-state index contributed by atoms with van der Waals surface area (Å²) in [7, 11) is -1.22. The van der Waals surface area contributed by atoms with Gasteiger partial charge >= 0.3 is 6.18 Å². The van der Waals surface area contributed by atoms with Gasteiger partial charge in [0.05, 0.1) is 20.9 Å². The molecule has 0 radical (unpaired) electrons. The molecule has 6 aromatic rings. The van der Waals surface area contributed by atoms with Crippen molar-refractivity contribution in [1.82, 2.24) is 19.8 Å². The first-order chi connectivity index (χ1) is 29.6. The van der Waals surface area contributed by atoms with Crippen molar-refractivity contribution in [2.75, 3.05) is 67.5 Å². The maximum absolute atomic E-state index is 14.8. The average Bonchev–Trinajstić information content (AvgIpc) is 3.25. The molecule has 0 bridgehead atoms. The van der Waals surface area contributed by atoms with Crippen molar-refractivity contribution >= 4 is 67.2 Å². The summed E-state index contributed by atoms with van der Waals surface area (Å²) < 4.78 is 74.4. The molecule has 5 aromatic carbocycles. The predicted molar refractivity (Wildman–Crippen MR) is 241 cm³/mol. The highest BCUT2D eigenvalue weighted by Gasteiger charge is 2.40. The molecular weight excluding hydrogens is 861 g/mol. The molecule has 0 saturated carbocycles. The molecule has 1 aliphatic heterocycles. The van der Waals surface area contributed by atoms with E-state index in [9.17, 15) is 31.7 Å². The Hall–Kier alpha value is -5.46. The van der Waals surface area contributed by atoms with Crippen molar-refractivity contribution in [3.05, 3.63) is 142 Å². The van der Waals surface area contributed by atoms with E-state index < -0.39 is 49.0 Å². The van der Waals surface area contributed by atoms with Crippen LogP contribution >= 0.6 is 23.4 Å². The number of nitrogens with zero attached hydrogens (tertiary/aromatic N) is 6. The summed E-state index contributed by atoms with van der Waals surface area (Å²) in [6.45, 7) is 4.24. The lowest BCUT2D eigenvalue weighted by atomic mass is 9.99. The number of piperazine rings is 1. The largest absolute Gasteiger partial charge is 0.418 e. The molecule has 0 aliphatic carbocycles. The minimum absolute atomic E-state index is 0.189. The van der Waals surface area contributed by atoms with Gasteiger partial charge in [-0.15, -0.1) is 11.8 Å². The van der Waals surface area contributed by atoms with E-state index in [1.54, 1.807) is 12.1 Å². The van der Waals surface area contributed by atoms with Gasteiger partial charge in [0.1, 0.15) is 12.0 Å². The van der Waals surface area contributed by atoms with E-state index in [0.29, 0.717) is 54.1 Å². The number of halogens is 4. The molecule has 1 aliphatic rings. The van der Waals surface area contributed by atoms with Crippen LogP contribution in [0.25, 0.3) is 22.0 Å². The maximum atomic E-state index is 14.8. The van der Waals surface area contributed by atoms with E-state index >= 15 is 0 Å². The van der Waals surface area contributed by atoms with Gasteiger partial charge in [0.15, 0.2) is 5.82 Å². The number of nitro groups is 1. The van der Waals surface area contributed by atoms with Crippen molar-refractivity contribution in [1.29, 1.82) is 0 Å². The van der Waals surface area contributed by atoms with Crippen molar-refractivity contribution in [3.8, 4) is 11.1 Å². The number of rotatable bonds is 16. The van der Waals surface area contributed by atoms with Gasteiger partial charge in [-0.1, -0.05) is 66.2 Å². The van der Waals surface area contributed by atoms with E-state index in [2.05, 4.69) is 41.9 Å². The Balaban J connectivity index is 1.09. The zero-order valence-corrected chi connectivity index (χ0v) is 36.2. The van der Waals surface area contributed by atoms with Crippen LogP contribution in [0.1, 0.15) is 17.5 Å². The van der Waals surface area contributed by atoms with Gasteiger partial charge in [-0.05, 0) is 92.3 Å². The van der Waals surface area contributed by atoms with E-state index in [4.69, 9.17) is 11.6 Å². The Bertz CT molecular complexity index is 2630. The third kappa shape index (κ3) is 10.9. The zero-order valence-electron chi connectivity index (χ0n) is 33.8. The number of hydrogen-bond donors (Lipinski definition) is 2. The SMILES string of the molecule is CN(C)CC[C@H](CSc1ccccc1)Nc1c([N+](=O)[O-])cc(S(=O)(=O)Nc2ncnc3cc(N4CCN(Cc5ccccc5-c5ccc(Cl)cc5)CC4)ccc23)cc1C(F)(F)F. The minimum Gasteiger partial charge on any atom is -0.375 e. The fraction of sp³-hybridized carbons (Fsp3) is 0.273. The first kappa shape index (κ1) is 44.6. The van der Waals surface area contributed by atoms with E-state index in [-0.39, 0.29) is 11.6 Å². The fourth-order valence-electron chi connectivity index (χ4n) is 7.29. The summed E-state index contributed by atoms with van der Waals surface area (Å²) >= 11 is 7.51. The highest BCUT2D eigenvalue weighted by Crippen LogP contribution is 2.43. The van der Waals surface area contributed by atoms with Crippen LogP contribution in [0.5, 0.6) is 0 Å². The number of fused-ring (bicyclic) bond motifs is 1. The Morgan fingerprint density at radius 2 is 1.63 bits per heavy atom. The Labute approximate surface area is 367 Å². The van der Waals surface area contributed by atoms with Crippen LogP contribution in [0.4, 0.5) is 36.1 Å². The number of alkyl halides is 3.